The molecule has 0 aromatic heterocycles. The molecule has 4 nitrogen and oxygen atoms in total. The molecule has 0 spiro atoms. The van der Waals surface area contributed by atoms with E-state index in [4.69, 9.17) is 9.84 Å². The Kier molecular flexibility index (Phi) is 4.96. The second-order valence-electron chi connectivity index (χ2n) is 3.71. The number of rotatable bonds is 5. The van der Waals surface area contributed by atoms with Gasteiger partial charge in [0, 0.05) is 10.0 Å². The molecule has 1 unspecified atom stereocenters. The summed E-state index contributed by atoms with van der Waals surface area (Å²) in [5, 5.41) is 18.5. The number of ether oxygens (including phenoxy) is 1. The van der Waals surface area contributed by atoms with E-state index >= 15 is 0 Å². The zero-order chi connectivity index (χ0) is 13.0. The molecule has 1 aromatic carbocycles. The highest BCUT2D eigenvalue weighted by Gasteiger charge is 2.19. The molecular weight excluding hydrogens is 288 g/mol. The summed E-state index contributed by atoms with van der Waals surface area (Å²) in [4.78, 5) is 10.9. The van der Waals surface area contributed by atoms with E-state index < -0.39 is 18.2 Å². The van der Waals surface area contributed by atoms with E-state index in [9.17, 15) is 9.90 Å². The quantitative estimate of drug-likeness (QED) is 0.877. The van der Waals surface area contributed by atoms with Gasteiger partial charge in [0.2, 0.25) is 0 Å². The fraction of sp³-hybridized carbons (Fsp3) is 0.417. The monoisotopic (exact) mass is 302 g/mol. The fourth-order valence-electron chi connectivity index (χ4n) is 1.41. The Morgan fingerprint density at radius 1 is 1.53 bits per heavy atom. The van der Waals surface area contributed by atoms with E-state index in [1.54, 1.807) is 32.0 Å². The molecule has 0 fully saturated rings. The van der Waals surface area contributed by atoms with Crippen molar-refractivity contribution < 1.29 is 19.7 Å². The molecule has 17 heavy (non-hydrogen) atoms. The second kappa shape index (κ2) is 6.02. The zero-order valence-corrected chi connectivity index (χ0v) is 11.3. The van der Waals surface area contributed by atoms with Crippen LogP contribution in [0.1, 0.15) is 31.9 Å². The number of aliphatic hydroxyl groups excluding tert-OH is 1. The minimum Gasteiger partial charge on any atom is -0.479 e. The van der Waals surface area contributed by atoms with Crippen LogP contribution in [0.25, 0.3) is 0 Å². The highest BCUT2D eigenvalue weighted by molar-refractivity contribution is 9.10. The van der Waals surface area contributed by atoms with Crippen molar-refractivity contribution in [3.63, 3.8) is 0 Å². The molecule has 0 aliphatic heterocycles. The van der Waals surface area contributed by atoms with Crippen LogP contribution in [-0.2, 0) is 4.79 Å². The summed E-state index contributed by atoms with van der Waals surface area (Å²) in [5.41, 5.74) is 0.569. The molecule has 0 heterocycles. The first kappa shape index (κ1) is 14.0. The van der Waals surface area contributed by atoms with Crippen LogP contribution in [0, 0.1) is 0 Å². The van der Waals surface area contributed by atoms with Crippen molar-refractivity contribution in [3.8, 4) is 5.75 Å². The number of aliphatic hydroxyl groups is 1. The van der Waals surface area contributed by atoms with Crippen molar-refractivity contribution in [1.82, 2.24) is 0 Å². The molecule has 5 heteroatoms. The number of carbonyl (C=O) groups is 1. The molecule has 0 amide bonds. The topological polar surface area (TPSA) is 66.8 Å². The molecule has 1 aromatic rings. The van der Waals surface area contributed by atoms with Crippen molar-refractivity contribution in [2.75, 3.05) is 0 Å². The van der Waals surface area contributed by atoms with Crippen LogP contribution in [-0.4, -0.2) is 22.3 Å². The van der Waals surface area contributed by atoms with E-state index in [0.717, 1.165) is 4.47 Å². The Labute approximate surface area is 108 Å². The number of hydrogen-bond donors (Lipinski definition) is 2. The number of hydrogen-bond acceptors (Lipinski definition) is 3. The molecule has 0 aliphatic carbocycles. The van der Waals surface area contributed by atoms with Crippen LogP contribution >= 0.6 is 15.9 Å². The number of carboxylic acids is 1. The van der Waals surface area contributed by atoms with E-state index in [1.165, 1.54) is 0 Å². The number of aliphatic carboxylic acids is 1. The smallest absolute Gasteiger partial charge is 0.344 e. The van der Waals surface area contributed by atoms with Gasteiger partial charge in [0.25, 0.3) is 0 Å². The van der Waals surface area contributed by atoms with E-state index in [-0.39, 0.29) is 0 Å². The highest BCUT2D eigenvalue weighted by Crippen LogP contribution is 2.29. The third-order valence-electron chi connectivity index (χ3n) is 2.34. The number of halogens is 1. The van der Waals surface area contributed by atoms with E-state index in [1.807, 2.05) is 0 Å². The summed E-state index contributed by atoms with van der Waals surface area (Å²) in [5.74, 6) is -0.607. The molecule has 2 N–H and O–H groups in total. The van der Waals surface area contributed by atoms with Gasteiger partial charge in [-0.3, -0.25) is 0 Å². The first-order chi connectivity index (χ1) is 7.95. The summed E-state index contributed by atoms with van der Waals surface area (Å²) in [7, 11) is 0. The van der Waals surface area contributed by atoms with Crippen molar-refractivity contribution in [2.24, 2.45) is 0 Å². The molecule has 1 rings (SSSR count). The molecule has 94 valence electrons. The maximum absolute atomic E-state index is 10.9. The van der Waals surface area contributed by atoms with Gasteiger partial charge in [-0.2, -0.15) is 0 Å². The predicted molar refractivity (Wildman–Crippen MR) is 67.1 cm³/mol. The molecule has 0 saturated heterocycles. The molecular formula is C12H15BrO4. The summed E-state index contributed by atoms with van der Waals surface area (Å²) in [6.45, 7) is 3.34. The fourth-order valence-corrected chi connectivity index (χ4v) is 1.79. The van der Waals surface area contributed by atoms with E-state index in [2.05, 4.69) is 15.9 Å². The van der Waals surface area contributed by atoms with Gasteiger partial charge in [-0.15, -0.1) is 0 Å². The lowest BCUT2D eigenvalue weighted by Crippen LogP contribution is -2.26. The van der Waals surface area contributed by atoms with Crippen LogP contribution in [0.5, 0.6) is 5.75 Å². The van der Waals surface area contributed by atoms with Gasteiger partial charge in [-0.1, -0.05) is 22.9 Å². The molecule has 0 radical (unpaired) electrons. The maximum atomic E-state index is 10.9. The minimum atomic E-state index is -1.01. The Balaban J connectivity index is 3.01. The van der Waals surface area contributed by atoms with Gasteiger partial charge in [0.15, 0.2) is 6.10 Å². The first-order valence-electron chi connectivity index (χ1n) is 5.32. The van der Waals surface area contributed by atoms with Crippen molar-refractivity contribution in [2.45, 2.75) is 32.5 Å². The van der Waals surface area contributed by atoms with Crippen molar-refractivity contribution in [1.29, 1.82) is 0 Å². The summed E-state index contributed by atoms with van der Waals surface area (Å²) in [6.07, 6.45) is -1.24. The van der Waals surface area contributed by atoms with E-state index in [0.29, 0.717) is 17.7 Å². The molecule has 0 saturated carbocycles. The lowest BCUT2D eigenvalue weighted by molar-refractivity contribution is -0.145. The first-order valence-corrected chi connectivity index (χ1v) is 6.12. The minimum absolute atomic E-state index is 0.366. The Hall–Kier alpha value is -1.07. The van der Waals surface area contributed by atoms with Crippen LogP contribution < -0.4 is 4.74 Å². The predicted octanol–water partition coefficient (Wildman–Crippen LogP) is 2.74. The van der Waals surface area contributed by atoms with Crippen molar-refractivity contribution in [3.05, 3.63) is 28.2 Å². The van der Waals surface area contributed by atoms with Gasteiger partial charge in [0.05, 0.1) is 6.10 Å². The normalized spacial score (nSPS) is 14.1. The van der Waals surface area contributed by atoms with Gasteiger partial charge in [-0.05, 0) is 31.5 Å². The zero-order valence-electron chi connectivity index (χ0n) is 9.68. The maximum Gasteiger partial charge on any atom is 0.344 e. The third kappa shape index (κ3) is 3.71. The average molecular weight is 303 g/mol. The van der Waals surface area contributed by atoms with Gasteiger partial charge >= 0.3 is 5.97 Å². The largest absolute Gasteiger partial charge is 0.479 e. The Bertz CT molecular complexity index is 403. The Morgan fingerprint density at radius 3 is 2.65 bits per heavy atom. The van der Waals surface area contributed by atoms with Gasteiger partial charge in [-0.25, -0.2) is 4.79 Å². The van der Waals surface area contributed by atoms with Gasteiger partial charge < -0.3 is 14.9 Å². The van der Waals surface area contributed by atoms with Crippen LogP contribution in [0.15, 0.2) is 22.7 Å². The number of carboxylic acid groups (broad SMARTS) is 1. The Morgan fingerprint density at radius 2 is 2.18 bits per heavy atom. The van der Waals surface area contributed by atoms with Crippen LogP contribution in [0.3, 0.4) is 0 Å². The second-order valence-corrected chi connectivity index (χ2v) is 4.63. The lowest BCUT2D eigenvalue weighted by atomic mass is 10.1. The summed E-state index contributed by atoms with van der Waals surface area (Å²) in [6, 6.07) is 5.11. The van der Waals surface area contributed by atoms with Crippen LogP contribution in [0.4, 0.5) is 0 Å². The van der Waals surface area contributed by atoms with Gasteiger partial charge in [0.1, 0.15) is 5.75 Å². The molecule has 0 aliphatic rings. The molecule has 2 atom stereocenters. The highest BCUT2D eigenvalue weighted by atomic mass is 79.9. The summed E-state index contributed by atoms with van der Waals surface area (Å²) < 4.78 is 6.20. The van der Waals surface area contributed by atoms with Crippen molar-refractivity contribution >= 4 is 21.9 Å². The lowest BCUT2D eigenvalue weighted by Gasteiger charge is -2.17. The summed E-state index contributed by atoms with van der Waals surface area (Å²) >= 11 is 3.29. The average Bonchev–Trinajstić information content (AvgIpc) is 2.26. The third-order valence-corrected chi connectivity index (χ3v) is 2.83. The number of benzene rings is 1. The standard InChI is InChI=1S/C12H15BrO4/c1-3-10(12(15)16)17-11-5-4-8(13)6-9(11)7(2)14/h4-7,10,14H,3H2,1-2H3,(H,15,16)/t7-,10?/m0/s1. The molecule has 0 bridgehead atoms. The SMILES string of the molecule is CCC(Oc1ccc(Br)cc1[C@H](C)O)C(=O)O. The van der Waals surface area contributed by atoms with Crippen LogP contribution in [0.2, 0.25) is 0 Å².